The number of halogens is 3. The molecule has 4 rings (SSSR count). The summed E-state index contributed by atoms with van der Waals surface area (Å²) in [4.78, 5) is 22.2. The smallest absolute Gasteiger partial charge is 0.416 e. The van der Waals surface area contributed by atoms with Gasteiger partial charge in [-0.3, -0.25) is 4.79 Å². The zero-order valence-electron chi connectivity index (χ0n) is 17.0. The van der Waals surface area contributed by atoms with E-state index in [9.17, 15) is 18.0 Å². The number of hydrogen-bond donors (Lipinski definition) is 1. The molecule has 0 aliphatic rings. The van der Waals surface area contributed by atoms with Crippen LogP contribution in [0.5, 0.6) is 0 Å². The van der Waals surface area contributed by atoms with Crippen LogP contribution in [-0.2, 0) is 23.1 Å². The van der Waals surface area contributed by atoms with Gasteiger partial charge >= 0.3 is 12.1 Å². The molecule has 1 N–H and O–H groups in total. The molecule has 32 heavy (non-hydrogen) atoms. The van der Waals surface area contributed by atoms with Crippen molar-refractivity contribution in [2.75, 3.05) is 0 Å². The first-order chi connectivity index (χ1) is 15.1. The predicted octanol–water partition coefficient (Wildman–Crippen LogP) is 6.97. The summed E-state index contributed by atoms with van der Waals surface area (Å²) in [5, 5.41) is 10.3. The van der Waals surface area contributed by atoms with Gasteiger partial charge in [0.05, 0.1) is 27.9 Å². The highest BCUT2D eigenvalue weighted by Gasteiger charge is 2.30. The summed E-state index contributed by atoms with van der Waals surface area (Å²) < 4.78 is 39.4. The second kappa shape index (κ2) is 8.84. The fourth-order valence-corrected chi connectivity index (χ4v) is 6.51. The summed E-state index contributed by atoms with van der Waals surface area (Å²) >= 11 is 4.45. The molecule has 2 aromatic carbocycles. The number of fused-ring (bicyclic) bond motifs is 1. The van der Waals surface area contributed by atoms with E-state index < -0.39 is 17.7 Å². The van der Waals surface area contributed by atoms with Gasteiger partial charge in [0.15, 0.2) is 0 Å². The summed E-state index contributed by atoms with van der Waals surface area (Å²) in [6, 6.07) is 8.99. The van der Waals surface area contributed by atoms with E-state index in [-0.39, 0.29) is 6.42 Å². The van der Waals surface area contributed by atoms with Crippen molar-refractivity contribution in [2.45, 2.75) is 37.1 Å². The first kappa shape index (κ1) is 22.8. The number of aryl methyl sites for hydroxylation is 2. The molecule has 2 heterocycles. The Hall–Kier alpha value is -2.43. The van der Waals surface area contributed by atoms with E-state index in [4.69, 9.17) is 5.11 Å². The van der Waals surface area contributed by atoms with Crippen molar-refractivity contribution < 1.29 is 23.1 Å². The number of nitrogens with zero attached hydrogens (tertiary/aromatic N) is 2. The van der Waals surface area contributed by atoms with Gasteiger partial charge in [-0.1, -0.05) is 18.2 Å². The third-order valence-corrected chi connectivity index (χ3v) is 8.40. The van der Waals surface area contributed by atoms with Crippen molar-refractivity contribution in [3.05, 3.63) is 63.1 Å². The Labute approximate surface area is 194 Å². The van der Waals surface area contributed by atoms with Gasteiger partial charge in [-0.15, -0.1) is 34.4 Å². The van der Waals surface area contributed by atoms with Crippen molar-refractivity contribution >= 4 is 50.6 Å². The van der Waals surface area contributed by atoms with Crippen LogP contribution >= 0.6 is 34.4 Å². The third kappa shape index (κ3) is 4.82. The summed E-state index contributed by atoms with van der Waals surface area (Å²) in [6.07, 6.45) is -4.47. The lowest BCUT2D eigenvalue weighted by atomic mass is 10.1. The molecule has 0 radical (unpaired) electrons. The van der Waals surface area contributed by atoms with E-state index >= 15 is 0 Å². The highest BCUT2D eigenvalue weighted by molar-refractivity contribution is 7.99. The number of benzene rings is 2. The van der Waals surface area contributed by atoms with Crippen LogP contribution in [0.2, 0.25) is 0 Å². The average Bonchev–Trinajstić information content (AvgIpc) is 3.29. The highest BCUT2D eigenvalue weighted by Crippen LogP contribution is 2.38. The molecule has 0 amide bonds. The van der Waals surface area contributed by atoms with Gasteiger partial charge in [0, 0.05) is 21.1 Å². The molecule has 0 bridgehead atoms. The molecule has 0 saturated heterocycles. The van der Waals surface area contributed by atoms with Crippen LogP contribution < -0.4 is 0 Å². The zero-order valence-corrected chi connectivity index (χ0v) is 19.4. The minimum Gasteiger partial charge on any atom is -0.481 e. The van der Waals surface area contributed by atoms with Crippen molar-refractivity contribution in [1.29, 1.82) is 0 Å². The van der Waals surface area contributed by atoms with Crippen LogP contribution in [-0.4, -0.2) is 21.0 Å². The molecule has 0 aliphatic carbocycles. The van der Waals surface area contributed by atoms with E-state index in [1.807, 2.05) is 26.0 Å². The fourth-order valence-electron chi connectivity index (χ4n) is 3.13. The van der Waals surface area contributed by atoms with Crippen molar-refractivity contribution in [2.24, 2.45) is 0 Å². The maximum Gasteiger partial charge on any atom is 0.416 e. The molecule has 166 valence electrons. The Morgan fingerprint density at radius 2 is 1.78 bits per heavy atom. The number of carboxylic acid groups (broad SMARTS) is 1. The van der Waals surface area contributed by atoms with Gasteiger partial charge < -0.3 is 5.11 Å². The number of thioether (sulfide) groups is 1. The highest BCUT2D eigenvalue weighted by atomic mass is 32.2. The Morgan fingerprint density at radius 3 is 2.44 bits per heavy atom. The number of aliphatic carboxylic acids is 1. The van der Waals surface area contributed by atoms with Crippen LogP contribution in [0.3, 0.4) is 0 Å². The van der Waals surface area contributed by atoms with E-state index in [1.54, 1.807) is 11.8 Å². The second-order valence-corrected chi connectivity index (χ2v) is 10.3. The predicted molar refractivity (Wildman–Crippen MR) is 123 cm³/mol. The van der Waals surface area contributed by atoms with E-state index in [1.165, 1.54) is 34.8 Å². The molecular formula is C22H17F3N2O2S3. The van der Waals surface area contributed by atoms with Gasteiger partial charge in [-0.2, -0.15) is 13.2 Å². The normalized spacial score (nSPS) is 11.9. The average molecular weight is 495 g/mol. The van der Waals surface area contributed by atoms with Crippen LogP contribution in [0, 0.1) is 13.8 Å². The first-order valence-electron chi connectivity index (χ1n) is 9.49. The number of alkyl halides is 3. The first-order valence-corrected chi connectivity index (χ1v) is 12.1. The summed E-state index contributed by atoms with van der Waals surface area (Å²) in [5.74, 6) is -0.276. The SMILES string of the molecule is Cc1ccc2sc(CC(=O)O)nc2c1SCc1sc(-c2ccc(C(F)(F)F)cc2)nc1C. The topological polar surface area (TPSA) is 63.1 Å². The summed E-state index contributed by atoms with van der Waals surface area (Å²) in [5.41, 5.74) is 2.67. The lowest BCUT2D eigenvalue weighted by Crippen LogP contribution is -2.03. The molecule has 4 aromatic rings. The molecular weight excluding hydrogens is 477 g/mol. The second-order valence-electron chi connectivity index (χ2n) is 7.13. The van der Waals surface area contributed by atoms with Crippen LogP contribution in [0.15, 0.2) is 41.3 Å². The minimum absolute atomic E-state index is 0.104. The number of carboxylic acids is 1. The minimum atomic E-state index is -4.36. The van der Waals surface area contributed by atoms with Gasteiger partial charge in [0.25, 0.3) is 0 Å². The van der Waals surface area contributed by atoms with Crippen molar-refractivity contribution in [1.82, 2.24) is 9.97 Å². The Balaban J connectivity index is 1.57. The van der Waals surface area contributed by atoms with Gasteiger partial charge in [-0.25, -0.2) is 9.97 Å². The summed E-state index contributed by atoms with van der Waals surface area (Å²) in [6.45, 7) is 3.88. The maximum atomic E-state index is 12.8. The lowest BCUT2D eigenvalue weighted by Gasteiger charge is -2.06. The van der Waals surface area contributed by atoms with Gasteiger partial charge in [0.1, 0.15) is 10.0 Å². The number of thiazole rings is 2. The molecule has 0 spiro atoms. The Morgan fingerprint density at radius 1 is 1.06 bits per heavy atom. The standard InChI is InChI=1S/C22H17F3N2O2S3/c1-11-3-8-15-19(27-17(31-15)9-18(28)29)20(11)30-10-16-12(2)26-21(32-16)13-4-6-14(7-5-13)22(23,24)25/h3-8H,9-10H2,1-2H3,(H,28,29). The van der Waals surface area contributed by atoms with E-state index in [0.29, 0.717) is 21.3 Å². The molecule has 0 atom stereocenters. The van der Waals surface area contributed by atoms with Gasteiger partial charge in [0.2, 0.25) is 0 Å². The maximum absolute atomic E-state index is 12.8. The van der Waals surface area contributed by atoms with E-state index in [2.05, 4.69) is 9.97 Å². The van der Waals surface area contributed by atoms with Crippen molar-refractivity contribution in [3.8, 4) is 10.6 Å². The quantitative estimate of drug-likeness (QED) is 0.293. The molecule has 0 aliphatic heterocycles. The van der Waals surface area contributed by atoms with Crippen LogP contribution in [0.1, 0.15) is 26.7 Å². The zero-order chi connectivity index (χ0) is 23.0. The van der Waals surface area contributed by atoms with E-state index in [0.717, 1.165) is 43.4 Å². The van der Waals surface area contributed by atoms with Crippen LogP contribution in [0.25, 0.3) is 20.8 Å². The largest absolute Gasteiger partial charge is 0.481 e. The van der Waals surface area contributed by atoms with Crippen molar-refractivity contribution in [3.63, 3.8) is 0 Å². The summed E-state index contributed by atoms with van der Waals surface area (Å²) in [7, 11) is 0. The third-order valence-electron chi connectivity index (χ3n) is 4.76. The Bertz CT molecular complexity index is 1290. The molecule has 0 fully saturated rings. The number of rotatable bonds is 6. The molecule has 0 unspecified atom stereocenters. The van der Waals surface area contributed by atoms with Gasteiger partial charge in [-0.05, 0) is 37.6 Å². The Kier molecular flexibility index (Phi) is 6.28. The monoisotopic (exact) mass is 494 g/mol. The number of aromatic nitrogens is 2. The van der Waals surface area contributed by atoms with Crippen LogP contribution in [0.4, 0.5) is 13.2 Å². The number of hydrogen-bond acceptors (Lipinski definition) is 6. The molecule has 0 saturated carbocycles. The molecule has 2 aromatic heterocycles. The molecule has 10 heteroatoms. The fraction of sp³-hybridized carbons (Fsp3) is 0.227. The molecule has 4 nitrogen and oxygen atoms in total. The number of carbonyl (C=O) groups is 1. The lowest BCUT2D eigenvalue weighted by molar-refractivity contribution is -0.138.